The molecule has 2 unspecified atom stereocenters. The fraction of sp³-hybridized carbons (Fsp3) is 1.00. The Morgan fingerprint density at radius 2 is 1.24 bits per heavy atom. The zero-order valence-electron chi connectivity index (χ0n) is 22.8. The van der Waals surface area contributed by atoms with Crippen molar-refractivity contribution >= 4 is 19.6 Å². The molecule has 5 nitrogen and oxygen atoms in total. The highest BCUT2D eigenvalue weighted by atomic mass is 32.2. The molecule has 0 bridgehead atoms. The molecule has 0 radical (unpaired) electrons. The lowest BCUT2D eigenvalue weighted by atomic mass is 10.0. The Morgan fingerprint density at radius 3 is 1.68 bits per heavy atom. The first-order valence-corrected chi connectivity index (χ1v) is 16.5. The first-order chi connectivity index (χ1) is 16.2. The molecule has 0 aliphatic heterocycles. The van der Waals surface area contributed by atoms with E-state index in [0.717, 1.165) is 12.2 Å². The fourth-order valence-electron chi connectivity index (χ4n) is 3.65. The van der Waals surface area contributed by atoms with Crippen molar-refractivity contribution in [1.29, 1.82) is 0 Å². The Balaban J connectivity index is 3.37. The Hall–Kier alpha value is 0.350. The number of phosphoric acid groups is 1. The number of phosphoric ester groups is 1. The highest BCUT2D eigenvalue weighted by molar-refractivity contribution is 7.99. The second-order valence-electron chi connectivity index (χ2n) is 10.6. The quantitative estimate of drug-likeness (QED) is 0.0697. The molecule has 0 aromatic rings. The first kappa shape index (κ1) is 34.4. The summed E-state index contributed by atoms with van der Waals surface area (Å²) in [7, 11) is 1.71. The van der Waals surface area contributed by atoms with E-state index in [2.05, 4.69) is 6.92 Å². The number of quaternary nitrogens is 1. The van der Waals surface area contributed by atoms with Crippen LogP contribution >= 0.6 is 19.6 Å². The zero-order valence-corrected chi connectivity index (χ0v) is 24.5. The number of unbranched alkanes of at least 4 members (excludes halogenated alkanes) is 15. The van der Waals surface area contributed by atoms with Crippen LogP contribution < -0.4 is 0 Å². The fourth-order valence-corrected chi connectivity index (χ4v) is 5.32. The van der Waals surface area contributed by atoms with Crippen LogP contribution in [0.15, 0.2) is 0 Å². The minimum absolute atomic E-state index is 0.0994. The summed E-state index contributed by atoms with van der Waals surface area (Å²) in [6, 6.07) is 0. The first-order valence-electron chi connectivity index (χ1n) is 13.8. The van der Waals surface area contributed by atoms with E-state index in [0.29, 0.717) is 11.0 Å². The molecule has 1 N–H and O–H groups in total. The predicted octanol–water partition coefficient (Wildman–Crippen LogP) is 8.16. The maximum Gasteiger partial charge on any atom is 0.472 e. The maximum absolute atomic E-state index is 13.9. The van der Waals surface area contributed by atoms with Crippen molar-refractivity contribution in [2.24, 2.45) is 0 Å². The molecule has 8 heteroatoms. The topological polar surface area (TPSA) is 55.8 Å². The van der Waals surface area contributed by atoms with Gasteiger partial charge in [-0.05, 0) is 12.2 Å². The summed E-state index contributed by atoms with van der Waals surface area (Å²) in [6.45, 7) is 2.54. The van der Waals surface area contributed by atoms with E-state index in [-0.39, 0.29) is 12.4 Å². The largest absolute Gasteiger partial charge is 0.472 e. The highest BCUT2D eigenvalue weighted by Gasteiger charge is 2.24. The Bertz CT molecular complexity index is 494. The van der Waals surface area contributed by atoms with Crippen LogP contribution in [0.2, 0.25) is 0 Å². The molecule has 0 fully saturated rings. The third-order valence-electron chi connectivity index (χ3n) is 5.88. The zero-order chi connectivity index (χ0) is 25.5. The normalized spacial score (nSPS) is 14.9. The van der Waals surface area contributed by atoms with Crippen LogP contribution in [-0.4, -0.2) is 68.0 Å². The van der Waals surface area contributed by atoms with E-state index in [1.165, 1.54) is 96.3 Å². The molecule has 0 aliphatic rings. The Morgan fingerprint density at radius 1 is 0.794 bits per heavy atom. The molecule has 0 heterocycles. The molecule has 2 atom stereocenters. The molecule has 0 aliphatic carbocycles. The molecule has 206 valence electrons. The molecule has 0 aromatic carbocycles. The molecule has 0 saturated carbocycles. The van der Waals surface area contributed by atoms with Crippen LogP contribution in [0.5, 0.6) is 0 Å². The molecule has 34 heavy (non-hydrogen) atoms. The van der Waals surface area contributed by atoms with Gasteiger partial charge in [0.15, 0.2) is 0 Å². The lowest BCUT2D eigenvalue weighted by Crippen LogP contribution is -2.37. The monoisotopic (exact) mass is 528 g/mol. The van der Waals surface area contributed by atoms with Gasteiger partial charge in [-0.2, -0.15) is 11.8 Å². The van der Waals surface area contributed by atoms with Crippen molar-refractivity contribution in [2.75, 3.05) is 52.4 Å². The van der Waals surface area contributed by atoms with Crippen molar-refractivity contribution in [3.63, 3.8) is 0 Å². The van der Waals surface area contributed by atoms with Crippen LogP contribution in [0.1, 0.15) is 110 Å². The summed E-state index contributed by atoms with van der Waals surface area (Å²) in [5, 5.41) is 0. The summed E-state index contributed by atoms with van der Waals surface area (Å²) in [4.78, 5) is 9.62. The summed E-state index contributed by atoms with van der Waals surface area (Å²) < 4.78 is 36.0. The lowest BCUT2D eigenvalue weighted by molar-refractivity contribution is -0.870. The van der Waals surface area contributed by atoms with E-state index in [1.54, 1.807) is 11.8 Å². The average Bonchev–Trinajstić information content (AvgIpc) is 2.76. The molecular formula is C26H56FNO4PS+. The lowest BCUT2D eigenvalue weighted by Gasteiger charge is -2.24. The molecule has 0 amide bonds. The van der Waals surface area contributed by atoms with Gasteiger partial charge in [-0.1, -0.05) is 103 Å². The van der Waals surface area contributed by atoms with Crippen molar-refractivity contribution in [3.8, 4) is 0 Å². The van der Waals surface area contributed by atoms with Gasteiger partial charge < -0.3 is 9.38 Å². The predicted molar refractivity (Wildman–Crippen MR) is 146 cm³/mol. The number of rotatable bonds is 26. The van der Waals surface area contributed by atoms with Crippen LogP contribution in [0.25, 0.3) is 0 Å². The highest BCUT2D eigenvalue weighted by Crippen LogP contribution is 2.43. The standard InChI is InChI=1S/C26H55FNO4PS/c1-5-6-7-8-9-10-11-12-13-14-15-16-17-18-19-20-23-34-25-26(27)24-32-33(29,30)31-22-21-28(2,3)4/h26H,5-25H2,1-4H3/p+1. The average molecular weight is 529 g/mol. The van der Waals surface area contributed by atoms with Gasteiger partial charge in [-0.15, -0.1) is 0 Å². The van der Waals surface area contributed by atoms with Gasteiger partial charge in [0.05, 0.1) is 27.7 Å². The van der Waals surface area contributed by atoms with E-state index >= 15 is 0 Å². The second kappa shape index (κ2) is 22.5. The molecule has 0 aromatic heterocycles. The second-order valence-corrected chi connectivity index (χ2v) is 13.2. The number of alkyl halides is 1. The third kappa shape index (κ3) is 26.9. The van der Waals surface area contributed by atoms with Gasteiger partial charge in [-0.3, -0.25) is 9.05 Å². The van der Waals surface area contributed by atoms with E-state index in [4.69, 9.17) is 9.05 Å². The van der Waals surface area contributed by atoms with Gasteiger partial charge in [0, 0.05) is 5.75 Å². The summed E-state index contributed by atoms with van der Waals surface area (Å²) >= 11 is 1.55. The van der Waals surface area contributed by atoms with E-state index in [9.17, 15) is 13.8 Å². The van der Waals surface area contributed by atoms with Gasteiger partial charge >= 0.3 is 7.82 Å². The number of nitrogens with zero attached hydrogens (tertiary/aromatic N) is 1. The summed E-state index contributed by atoms with van der Waals surface area (Å²) in [6.07, 6.45) is 20.3. The van der Waals surface area contributed by atoms with Gasteiger partial charge in [-0.25, -0.2) is 8.96 Å². The van der Waals surface area contributed by atoms with Gasteiger partial charge in [0.1, 0.15) is 19.3 Å². The van der Waals surface area contributed by atoms with Crippen molar-refractivity contribution in [1.82, 2.24) is 0 Å². The van der Waals surface area contributed by atoms with Gasteiger partial charge in [0.2, 0.25) is 0 Å². The minimum atomic E-state index is -4.17. The molecule has 0 saturated heterocycles. The number of thioether (sulfide) groups is 1. The number of hydrogen-bond acceptors (Lipinski definition) is 4. The Kier molecular flexibility index (Phi) is 22.8. The summed E-state index contributed by atoms with van der Waals surface area (Å²) in [5.41, 5.74) is 0. The minimum Gasteiger partial charge on any atom is -0.329 e. The third-order valence-corrected chi connectivity index (χ3v) is 8.03. The van der Waals surface area contributed by atoms with Crippen molar-refractivity contribution in [3.05, 3.63) is 0 Å². The number of halogens is 1. The van der Waals surface area contributed by atoms with Crippen molar-refractivity contribution < 1.29 is 27.4 Å². The van der Waals surface area contributed by atoms with Crippen LogP contribution in [-0.2, 0) is 13.6 Å². The van der Waals surface area contributed by atoms with Crippen LogP contribution in [0.4, 0.5) is 4.39 Å². The molecule has 0 spiro atoms. The van der Waals surface area contributed by atoms with Crippen LogP contribution in [0.3, 0.4) is 0 Å². The van der Waals surface area contributed by atoms with E-state index in [1.807, 2.05) is 21.1 Å². The van der Waals surface area contributed by atoms with E-state index < -0.39 is 20.6 Å². The SMILES string of the molecule is CCCCCCCCCCCCCCCCCCSCC(F)COP(=O)(O)OCC[N+](C)(C)C. The maximum atomic E-state index is 13.9. The van der Waals surface area contributed by atoms with Crippen LogP contribution in [0, 0.1) is 0 Å². The number of likely N-dealkylation sites (N-methyl/N-ethyl adjacent to an activating group) is 1. The molecule has 0 rings (SSSR count). The van der Waals surface area contributed by atoms with Gasteiger partial charge in [0.25, 0.3) is 0 Å². The summed E-state index contributed by atoms with van der Waals surface area (Å²) in [5.74, 6) is 1.22. The number of hydrogen-bond donors (Lipinski definition) is 1. The molecular weight excluding hydrogens is 472 g/mol. The smallest absolute Gasteiger partial charge is 0.329 e. The van der Waals surface area contributed by atoms with Crippen molar-refractivity contribution in [2.45, 2.75) is 116 Å². The Labute approximate surface area is 215 Å².